The standard InChI is InChI=1S/C6H11F2NO/c1-10-5-4-9-3-2-6(5,7)8/h5,9H,2-4H2,1H3/t5-/m1/s1. The first kappa shape index (κ1) is 7.88. The Balaban J connectivity index is 2.51. The fraction of sp³-hybridized carbons (Fsp3) is 1.00. The highest BCUT2D eigenvalue weighted by Crippen LogP contribution is 2.26. The molecule has 1 heterocycles. The van der Waals surface area contributed by atoms with Gasteiger partial charge in [0.1, 0.15) is 6.10 Å². The number of piperidine rings is 1. The van der Waals surface area contributed by atoms with Crippen LogP contribution in [0.3, 0.4) is 0 Å². The van der Waals surface area contributed by atoms with Crippen molar-refractivity contribution in [3.05, 3.63) is 0 Å². The van der Waals surface area contributed by atoms with Gasteiger partial charge in [0, 0.05) is 26.6 Å². The number of hydrogen-bond donors (Lipinski definition) is 1. The van der Waals surface area contributed by atoms with Crippen LogP contribution in [0.15, 0.2) is 0 Å². The van der Waals surface area contributed by atoms with E-state index < -0.39 is 12.0 Å². The topological polar surface area (TPSA) is 21.3 Å². The van der Waals surface area contributed by atoms with E-state index in [0.717, 1.165) is 0 Å². The summed E-state index contributed by atoms with van der Waals surface area (Å²) in [4.78, 5) is 0. The molecule has 0 aliphatic carbocycles. The number of hydrogen-bond acceptors (Lipinski definition) is 2. The van der Waals surface area contributed by atoms with Crippen LogP contribution in [0.25, 0.3) is 0 Å². The molecule has 1 atom stereocenters. The second kappa shape index (κ2) is 2.80. The average molecular weight is 151 g/mol. The third-order valence-electron chi connectivity index (χ3n) is 1.72. The van der Waals surface area contributed by atoms with Crippen LogP contribution in [-0.4, -0.2) is 32.2 Å². The van der Waals surface area contributed by atoms with Gasteiger partial charge in [-0.3, -0.25) is 0 Å². The molecule has 1 rings (SSSR count). The van der Waals surface area contributed by atoms with Gasteiger partial charge in [-0.15, -0.1) is 0 Å². The minimum Gasteiger partial charge on any atom is -0.374 e. The van der Waals surface area contributed by atoms with E-state index in [1.54, 1.807) is 0 Å². The fourth-order valence-electron chi connectivity index (χ4n) is 1.05. The summed E-state index contributed by atoms with van der Waals surface area (Å²) in [6, 6.07) is 0. The zero-order valence-electron chi connectivity index (χ0n) is 5.86. The molecule has 10 heavy (non-hydrogen) atoms. The van der Waals surface area contributed by atoms with Gasteiger partial charge in [-0.2, -0.15) is 0 Å². The van der Waals surface area contributed by atoms with Crippen molar-refractivity contribution in [1.29, 1.82) is 0 Å². The van der Waals surface area contributed by atoms with Crippen molar-refractivity contribution in [3.8, 4) is 0 Å². The minimum absolute atomic E-state index is 0.120. The summed E-state index contributed by atoms with van der Waals surface area (Å²) >= 11 is 0. The lowest BCUT2D eigenvalue weighted by Gasteiger charge is -2.30. The van der Waals surface area contributed by atoms with Gasteiger partial charge >= 0.3 is 0 Å². The molecule has 0 saturated carbocycles. The lowest BCUT2D eigenvalue weighted by molar-refractivity contribution is -0.138. The first-order valence-electron chi connectivity index (χ1n) is 3.28. The molecule has 0 aromatic rings. The van der Waals surface area contributed by atoms with E-state index in [1.807, 2.05) is 0 Å². The number of nitrogens with one attached hydrogen (secondary N) is 1. The van der Waals surface area contributed by atoms with Crippen molar-refractivity contribution in [2.75, 3.05) is 20.2 Å². The van der Waals surface area contributed by atoms with Gasteiger partial charge in [0.05, 0.1) is 0 Å². The Labute approximate surface area is 58.6 Å². The first-order valence-corrected chi connectivity index (χ1v) is 3.28. The van der Waals surface area contributed by atoms with Gasteiger partial charge in [0.25, 0.3) is 5.92 Å². The van der Waals surface area contributed by atoms with Crippen molar-refractivity contribution >= 4 is 0 Å². The van der Waals surface area contributed by atoms with E-state index >= 15 is 0 Å². The van der Waals surface area contributed by atoms with Crippen LogP contribution in [0.2, 0.25) is 0 Å². The van der Waals surface area contributed by atoms with E-state index in [1.165, 1.54) is 7.11 Å². The highest BCUT2D eigenvalue weighted by Gasteiger charge is 2.41. The van der Waals surface area contributed by atoms with Gasteiger partial charge in [0.2, 0.25) is 0 Å². The molecule has 0 unspecified atom stereocenters. The molecule has 60 valence electrons. The van der Waals surface area contributed by atoms with Crippen LogP contribution in [-0.2, 0) is 4.74 Å². The second-order valence-electron chi connectivity index (χ2n) is 2.44. The highest BCUT2D eigenvalue weighted by molar-refractivity contribution is 4.84. The smallest absolute Gasteiger partial charge is 0.276 e. The lowest BCUT2D eigenvalue weighted by Crippen LogP contribution is -2.49. The molecule has 0 spiro atoms. The molecule has 0 aromatic carbocycles. The van der Waals surface area contributed by atoms with Crippen LogP contribution >= 0.6 is 0 Å². The number of rotatable bonds is 1. The van der Waals surface area contributed by atoms with Gasteiger partial charge in [0.15, 0.2) is 0 Å². The number of alkyl halides is 2. The quantitative estimate of drug-likeness (QED) is 0.593. The van der Waals surface area contributed by atoms with Gasteiger partial charge < -0.3 is 10.1 Å². The predicted molar refractivity (Wildman–Crippen MR) is 33.2 cm³/mol. The van der Waals surface area contributed by atoms with Crippen molar-refractivity contribution in [1.82, 2.24) is 5.32 Å². The summed E-state index contributed by atoms with van der Waals surface area (Å²) < 4.78 is 30.0. The molecule has 2 nitrogen and oxygen atoms in total. The Morgan fingerprint density at radius 1 is 1.60 bits per heavy atom. The Hall–Kier alpha value is -0.220. The SMILES string of the molecule is CO[C@@H]1CNCCC1(F)F. The van der Waals surface area contributed by atoms with E-state index in [4.69, 9.17) is 0 Å². The van der Waals surface area contributed by atoms with Gasteiger partial charge in [-0.25, -0.2) is 8.78 Å². The zero-order valence-corrected chi connectivity index (χ0v) is 5.86. The zero-order chi connectivity index (χ0) is 7.61. The van der Waals surface area contributed by atoms with Crippen molar-refractivity contribution in [2.45, 2.75) is 18.4 Å². The molecule has 1 fully saturated rings. The van der Waals surface area contributed by atoms with Crippen molar-refractivity contribution < 1.29 is 13.5 Å². The summed E-state index contributed by atoms with van der Waals surface area (Å²) in [5, 5.41) is 2.84. The third kappa shape index (κ3) is 1.44. The molecule has 4 heteroatoms. The molecule has 1 saturated heterocycles. The van der Waals surface area contributed by atoms with Crippen LogP contribution in [0.1, 0.15) is 6.42 Å². The van der Waals surface area contributed by atoms with Crippen LogP contribution in [0.4, 0.5) is 8.78 Å². The Kier molecular flexibility index (Phi) is 2.21. The molecular weight excluding hydrogens is 140 g/mol. The third-order valence-corrected chi connectivity index (χ3v) is 1.72. The number of methoxy groups -OCH3 is 1. The van der Waals surface area contributed by atoms with Crippen LogP contribution in [0.5, 0.6) is 0 Å². The first-order chi connectivity index (χ1) is 4.67. The number of halogens is 2. The summed E-state index contributed by atoms with van der Waals surface area (Å²) in [5.74, 6) is -2.64. The van der Waals surface area contributed by atoms with Gasteiger partial charge in [-0.1, -0.05) is 0 Å². The van der Waals surface area contributed by atoms with Gasteiger partial charge in [-0.05, 0) is 0 Å². The maximum absolute atomic E-state index is 12.7. The molecule has 1 aliphatic heterocycles. The monoisotopic (exact) mass is 151 g/mol. The number of ether oxygens (including phenoxy) is 1. The summed E-state index contributed by atoms with van der Waals surface area (Å²) in [7, 11) is 1.31. The van der Waals surface area contributed by atoms with Crippen LogP contribution in [0, 0.1) is 0 Å². The second-order valence-corrected chi connectivity index (χ2v) is 2.44. The molecule has 1 aliphatic rings. The van der Waals surface area contributed by atoms with Crippen molar-refractivity contribution in [3.63, 3.8) is 0 Å². The fourth-order valence-corrected chi connectivity index (χ4v) is 1.05. The molecule has 0 radical (unpaired) electrons. The molecular formula is C6H11F2NO. The van der Waals surface area contributed by atoms with E-state index in [0.29, 0.717) is 6.54 Å². The average Bonchev–Trinajstić information content (AvgIpc) is 1.87. The molecule has 0 aromatic heterocycles. The summed E-state index contributed by atoms with van der Waals surface area (Å²) in [5.41, 5.74) is 0. The maximum atomic E-state index is 12.7. The Morgan fingerprint density at radius 2 is 2.30 bits per heavy atom. The van der Waals surface area contributed by atoms with Crippen molar-refractivity contribution in [2.24, 2.45) is 0 Å². The largest absolute Gasteiger partial charge is 0.374 e. The summed E-state index contributed by atoms with van der Waals surface area (Å²) in [6.45, 7) is 0.635. The van der Waals surface area contributed by atoms with E-state index in [-0.39, 0.29) is 13.0 Å². The van der Waals surface area contributed by atoms with E-state index in [2.05, 4.69) is 10.1 Å². The molecule has 0 amide bonds. The predicted octanol–water partition coefficient (Wildman–Crippen LogP) is 0.630. The molecule has 0 bridgehead atoms. The normalized spacial score (nSPS) is 32.1. The highest BCUT2D eigenvalue weighted by atomic mass is 19.3. The Morgan fingerprint density at radius 3 is 2.70 bits per heavy atom. The summed E-state index contributed by atoms with van der Waals surface area (Å²) in [6.07, 6.45) is -1.06. The lowest BCUT2D eigenvalue weighted by atomic mass is 10.1. The Bertz CT molecular complexity index is 118. The van der Waals surface area contributed by atoms with Crippen LogP contribution < -0.4 is 5.32 Å². The maximum Gasteiger partial charge on any atom is 0.276 e. The van der Waals surface area contributed by atoms with E-state index in [9.17, 15) is 8.78 Å². The minimum atomic E-state index is -2.64. The molecule has 1 N–H and O–H groups in total.